The lowest BCUT2D eigenvalue weighted by molar-refractivity contribution is 0.0724. The topological polar surface area (TPSA) is 80.3 Å². The highest BCUT2D eigenvalue weighted by Crippen LogP contribution is 2.42. The van der Waals surface area contributed by atoms with E-state index in [-0.39, 0.29) is 5.97 Å². The SMILES string of the molecule is CCCCCCCCCCOc1cc(C(=O)Oc2ccc(-c3ccc(-c4ccc(-c5ccc(OC(=O)c6ccccc6)cc5)s4)s3)cc2)cc(OCCCCCCCCCC)c1OCCCCCCCCCC. The van der Waals surface area contributed by atoms with Crippen molar-refractivity contribution in [2.75, 3.05) is 19.8 Å². The van der Waals surface area contributed by atoms with E-state index >= 15 is 0 Å². The molecular weight excluding hydrogens is 945 g/mol. The molecule has 73 heavy (non-hydrogen) atoms. The highest BCUT2D eigenvalue weighted by molar-refractivity contribution is 7.25. The summed E-state index contributed by atoms with van der Waals surface area (Å²) < 4.78 is 31.2. The Hall–Kier alpha value is -5.38. The Balaban J connectivity index is 1.10. The molecule has 0 aliphatic carbocycles. The first-order valence-electron chi connectivity index (χ1n) is 27.9. The number of esters is 2. The standard InChI is InChI=1S/C64H82O7S2/c1-4-7-10-13-16-19-22-28-45-67-56-48-53(49-57(68-46-29-23-20-17-14-11-8-5-2)62(56)69-47-30-24-21-18-15-12-9-6-3)64(66)71-55-39-35-51(36-40-55)59-42-44-61(73-59)60-43-41-58(72-60)50-33-37-54(38-34-50)70-63(65)52-31-26-25-27-32-52/h25-27,31-44,48-49H,4-24,28-30,45-47H2,1-3H3. The number of ether oxygens (including phenoxy) is 5. The van der Waals surface area contributed by atoms with Gasteiger partial charge in [-0.05, 0) is 127 Å². The Labute approximate surface area is 446 Å². The van der Waals surface area contributed by atoms with Crippen molar-refractivity contribution >= 4 is 34.6 Å². The fourth-order valence-corrected chi connectivity index (χ4v) is 10.9. The van der Waals surface area contributed by atoms with Crippen LogP contribution in [-0.2, 0) is 0 Å². The average Bonchev–Trinajstić information content (AvgIpc) is 4.12. The van der Waals surface area contributed by atoms with Crippen LogP contribution >= 0.6 is 22.7 Å². The average molecular weight is 1030 g/mol. The second kappa shape index (κ2) is 33.4. The lowest BCUT2D eigenvalue weighted by Gasteiger charge is -2.19. The monoisotopic (exact) mass is 1030 g/mol. The summed E-state index contributed by atoms with van der Waals surface area (Å²) in [5, 5.41) is 0. The molecule has 9 heteroatoms. The largest absolute Gasteiger partial charge is 0.490 e. The second-order valence-electron chi connectivity index (χ2n) is 19.3. The molecule has 0 saturated carbocycles. The first-order valence-corrected chi connectivity index (χ1v) is 29.6. The van der Waals surface area contributed by atoms with E-state index in [0.717, 1.165) is 59.4 Å². The summed E-state index contributed by atoms with van der Waals surface area (Å²) in [5.41, 5.74) is 2.99. The number of thiophene rings is 2. The Morgan fingerprint density at radius 1 is 0.356 bits per heavy atom. The van der Waals surface area contributed by atoms with Crippen LogP contribution in [0.1, 0.15) is 196 Å². The third-order valence-electron chi connectivity index (χ3n) is 13.2. The molecule has 6 rings (SSSR count). The molecule has 4 aromatic carbocycles. The van der Waals surface area contributed by atoms with Crippen LogP contribution in [-0.4, -0.2) is 31.8 Å². The van der Waals surface area contributed by atoms with Gasteiger partial charge < -0.3 is 23.7 Å². The van der Waals surface area contributed by atoms with E-state index in [9.17, 15) is 9.59 Å². The summed E-state index contributed by atoms with van der Waals surface area (Å²) in [5.74, 6) is 1.81. The van der Waals surface area contributed by atoms with Gasteiger partial charge in [0.15, 0.2) is 11.5 Å². The summed E-state index contributed by atoms with van der Waals surface area (Å²) >= 11 is 3.44. The van der Waals surface area contributed by atoms with E-state index in [0.29, 0.717) is 59.7 Å². The molecule has 0 fully saturated rings. The van der Waals surface area contributed by atoms with Gasteiger partial charge in [-0.15, -0.1) is 22.7 Å². The van der Waals surface area contributed by atoms with Gasteiger partial charge in [0.05, 0.1) is 30.9 Å². The molecule has 392 valence electrons. The van der Waals surface area contributed by atoms with E-state index in [4.69, 9.17) is 23.7 Å². The normalized spacial score (nSPS) is 11.2. The van der Waals surface area contributed by atoms with Gasteiger partial charge in [-0.3, -0.25) is 0 Å². The number of hydrogen-bond acceptors (Lipinski definition) is 9. The van der Waals surface area contributed by atoms with Crippen molar-refractivity contribution in [3.63, 3.8) is 0 Å². The number of benzene rings is 4. The molecule has 0 saturated heterocycles. The molecule has 2 heterocycles. The molecule has 0 spiro atoms. The van der Waals surface area contributed by atoms with Crippen LogP contribution in [0.2, 0.25) is 0 Å². The van der Waals surface area contributed by atoms with Crippen LogP contribution in [0.4, 0.5) is 0 Å². The minimum absolute atomic E-state index is 0.376. The molecule has 0 aliphatic heterocycles. The van der Waals surface area contributed by atoms with Crippen molar-refractivity contribution in [3.05, 3.63) is 126 Å². The van der Waals surface area contributed by atoms with Crippen LogP contribution in [0.25, 0.3) is 30.6 Å². The van der Waals surface area contributed by atoms with Gasteiger partial charge in [0.1, 0.15) is 11.5 Å². The summed E-state index contributed by atoms with van der Waals surface area (Å²) in [7, 11) is 0. The molecule has 0 amide bonds. The maximum absolute atomic E-state index is 14.0. The Morgan fingerprint density at radius 2 is 0.699 bits per heavy atom. The van der Waals surface area contributed by atoms with Crippen LogP contribution in [0.3, 0.4) is 0 Å². The van der Waals surface area contributed by atoms with E-state index in [1.165, 1.54) is 125 Å². The van der Waals surface area contributed by atoms with Crippen molar-refractivity contribution in [2.24, 2.45) is 0 Å². The molecule has 0 atom stereocenters. The Kier molecular flexibility index (Phi) is 26.1. The summed E-state index contributed by atoms with van der Waals surface area (Å²) in [6.45, 7) is 8.43. The van der Waals surface area contributed by atoms with Crippen molar-refractivity contribution in [1.29, 1.82) is 0 Å². The zero-order valence-electron chi connectivity index (χ0n) is 44.2. The molecule has 7 nitrogen and oxygen atoms in total. The van der Waals surface area contributed by atoms with Crippen molar-refractivity contribution in [2.45, 2.75) is 175 Å². The van der Waals surface area contributed by atoms with Gasteiger partial charge in [0, 0.05) is 19.5 Å². The highest BCUT2D eigenvalue weighted by Gasteiger charge is 2.21. The third-order valence-corrected chi connectivity index (χ3v) is 15.6. The maximum Gasteiger partial charge on any atom is 0.343 e. The van der Waals surface area contributed by atoms with Gasteiger partial charge in [0.25, 0.3) is 0 Å². The van der Waals surface area contributed by atoms with Crippen LogP contribution < -0.4 is 23.7 Å². The molecule has 2 aromatic heterocycles. The molecular formula is C64H82O7S2. The zero-order chi connectivity index (χ0) is 51.1. The van der Waals surface area contributed by atoms with Crippen molar-refractivity contribution in [3.8, 4) is 59.4 Å². The highest BCUT2D eigenvalue weighted by atomic mass is 32.1. The smallest absolute Gasteiger partial charge is 0.343 e. The van der Waals surface area contributed by atoms with Crippen molar-refractivity contribution < 1.29 is 33.3 Å². The summed E-state index contributed by atoms with van der Waals surface area (Å²) in [6, 6.07) is 36.5. The van der Waals surface area contributed by atoms with Gasteiger partial charge in [-0.25, -0.2) is 9.59 Å². The first-order chi connectivity index (χ1) is 35.9. The minimum Gasteiger partial charge on any atom is -0.490 e. The van der Waals surface area contributed by atoms with Crippen LogP contribution in [0, 0.1) is 0 Å². The van der Waals surface area contributed by atoms with E-state index in [2.05, 4.69) is 45.0 Å². The van der Waals surface area contributed by atoms with Crippen molar-refractivity contribution in [1.82, 2.24) is 0 Å². The van der Waals surface area contributed by atoms with E-state index in [1.807, 2.05) is 66.7 Å². The van der Waals surface area contributed by atoms with E-state index < -0.39 is 5.97 Å². The van der Waals surface area contributed by atoms with Gasteiger partial charge in [-0.2, -0.15) is 0 Å². The first kappa shape index (κ1) is 56.9. The predicted molar refractivity (Wildman–Crippen MR) is 306 cm³/mol. The van der Waals surface area contributed by atoms with Gasteiger partial charge in [0.2, 0.25) is 5.75 Å². The molecule has 0 aliphatic rings. The predicted octanol–water partition coefficient (Wildman–Crippen LogP) is 19.8. The molecule has 0 N–H and O–H groups in total. The molecule has 0 unspecified atom stereocenters. The minimum atomic E-state index is -0.467. The number of hydrogen-bond donors (Lipinski definition) is 0. The lowest BCUT2D eigenvalue weighted by Crippen LogP contribution is -2.12. The fraction of sp³-hybridized carbons (Fsp3) is 0.469. The summed E-state index contributed by atoms with van der Waals surface area (Å²) in [6.07, 6.45) is 29.1. The Bertz CT molecular complexity index is 2410. The number of carbonyl (C=O) groups is 2. The molecule has 0 radical (unpaired) electrons. The fourth-order valence-electron chi connectivity index (χ4n) is 8.83. The Morgan fingerprint density at radius 3 is 1.10 bits per heavy atom. The second-order valence-corrected chi connectivity index (χ2v) is 21.5. The summed E-state index contributed by atoms with van der Waals surface area (Å²) in [4.78, 5) is 31.2. The molecule has 6 aromatic rings. The quantitative estimate of drug-likeness (QED) is 0.0218. The van der Waals surface area contributed by atoms with Gasteiger partial charge in [-0.1, -0.05) is 174 Å². The van der Waals surface area contributed by atoms with Crippen LogP contribution in [0.5, 0.6) is 28.7 Å². The zero-order valence-corrected chi connectivity index (χ0v) is 45.9. The lowest BCUT2D eigenvalue weighted by atomic mass is 10.1. The van der Waals surface area contributed by atoms with E-state index in [1.54, 1.807) is 46.9 Å². The maximum atomic E-state index is 14.0. The number of unbranched alkanes of at least 4 members (excludes halogenated alkanes) is 21. The number of carbonyl (C=O) groups excluding carboxylic acids is 2. The van der Waals surface area contributed by atoms with Crippen LogP contribution in [0.15, 0.2) is 115 Å². The number of rotatable bonds is 37. The molecule has 0 bridgehead atoms. The van der Waals surface area contributed by atoms with Gasteiger partial charge >= 0.3 is 11.9 Å². The third kappa shape index (κ3) is 20.1.